The lowest BCUT2D eigenvalue weighted by Crippen LogP contribution is -2.44. The molecular weight excluding hydrogens is 679 g/mol. The van der Waals surface area contributed by atoms with Crippen LogP contribution in [-0.4, -0.2) is 73.8 Å². The summed E-state index contributed by atoms with van der Waals surface area (Å²) in [6, 6.07) is 18.1. The number of carbonyl (C=O) groups is 1. The van der Waals surface area contributed by atoms with Crippen molar-refractivity contribution in [2.24, 2.45) is 10.2 Å². The Labute approximate surface area is 294 Å². The van der Waals surface area contributed by atoms with Gasteiger partial charge in [-0.05, 0) is 29.4 Å². The zero-order chi connectivity index (χ0) is 36.5. The summed E-state index contributed by atoms with van der Waals surface area (Å²) in [7, 11) is -1.44. The molecule has 0 aliphatic carbocycles. The highest BCUT2D eigenvalue weighted by Gasteiger charge is 2.54. The van der Waals surface area contributed by atoms with Gasteiger partial charge < -0.3 is 39.8 Å². The molecule has 6 atom stereocenters. The number of benzene rings is 3. The summed E-state index contributed by atoms with van der Waals surface area (Å²) in [6.07, 6.45) is -2.25. The molecule has 268 valence electrons. The van der Waals surface area contributed by atoms with Crippen LogP contribution in [0.15, 0.2) is 77.8 Å². The molecule has 16 heteroatoms. The number of hydrogen-bond acceptors (Lipinski definition) is 14. The van der Waals surface area contributed by atoms with Crippen molar-refractivity contribution >= 4 is 42.0 Å². The van der Waals surface area contributed by atoms with Crippen molar-refractivity contribution < 1.29 is 43.4 Å². The molecular formula is C35H39N6O9P. The van der Waals surface area contributed by atoms with Crippen LogP contribution >= 0.6 is 8.17 Å². The van der Waals surface area contributed by atoms with Crippen LogP contribution in [0.2, 0.25) is 0 Å². The Morgan fingerprint density at radius 2 is 1.86 bits per heavy atom. The number of methoxy groups -OCH3 is 1. The maximum Gasteiger partial charge on any atom is 0.395 e. The minimum Gasteiger partial charge on any atom is -0.575 e. The number of ether oxygens (including phenoxy) is 4. The van der Waals surface area contributed by atoms with Crippen LogP contribution in [0.3, 0.4) is 0 Å². The van der Waals surface area contributed by atoms with E-state index in [4.69, 9.17) is 29.2 Å². The summed E-state index contributed by atoms with van der Waals surface area (Å²) in [5.74, 6) is -0.339. The van der Waals surface area contributed by atoms with Gasteiger partial charge in [-0.15, -0.1) is 0 Å². The van der Waals surface area contributed by atoms with Gasteiger partial charge in [0.15, 0.2) is 23.1 Å². The molecule has 0 amide bonds. The largest absolute Gasteiger partial charge is 0.575 e. The van der Waals surface area contributed by atoms with Gasteiger partial charge in [0.1, 0.15) is 24.4 Å². The van der Waals surface area contributed by atoms with Crippen molar-refractivity contribution in [2.45, 2.75) is 57.8 Å². The molecule has 4 N–H and O–H groups in total. The summed E-state index contributed by atoms with van der Waals surface area (Å²) >= 11 is 0. The first kappa shape index (κ1) is 35.9. The first-order valence-electron chi connectivity index (χ1n) is 16.1. The van der Waals surface area contributed by atoms with Gasteiger partial charge in [-0.25, -0.2) is 9.78 Å². The molecule has 1 fully saturated rings. The van der Waals surface area contributed by atoms with Crippen molar-refractivity contribution in [2.75, 3.05) is 26.1 Å². The van der Waals surface area contributed by atoms with Crippen LogP contribution in [0.4, 0.5) is 5.95 Å². The Bertz CT molecular complexity index is 2070. The van der Waals surface area contributed by atoms with Gasteiger partial charge in [-0.1, -0.05) is 86.2 Å². The maximum atomic E-state index is 13.6. The number of aliphatic hydroxyl groups excluding tert-OH is 1. The van der Waals surface area contributed by atoms with Crippen LogP contribution in [0.25, 0.3) is 21.9 Å². The summed E-state index contributed by atoms with van der Waals surface area (Å²) in [5, 5.41) is 24.0. The number of nitrogens with zero attached hydrogens (tertiary/aromatic N) is 5. The highest BCUT2D eigenvalue weighted by molar-refractivity contribution is 7.34. The molecule has 3 aromatic carbocycles. The van der Waals surface area contributed by atoms with E-state index in [0.29, 0.717) is 10.9 Å². The van der Waals surface area contributed by atoms with E-state index in [9.17, 15) is 19.9 Å². The minimum atomic E-state index is -2.85. The van der Waals surface area contributed by atoms with Gasteiger partial charge >= 0.3 is 14.1 Å². The predicted molar refractivity (Wildman–Crippen MR) is 186 cm³/mol. The third kappa shape index (κ3) is 7.58. The van der Waals surface area contributed by atoms with Crippen LogP contribution in [-0.2, 0) is 14.3 Å². The second-order valence-electron chi connectivity index (χ2n) is 13.5. The van der Waals surface area contributed by atoms with Gasteiger partial charge in [0.05, 0.1) is 20.0 Å². The number of carbonyl (C=O) groups excluding carboxylic acids is 1. The number of aliphatic hydroxyl groups is 2. The van der Waals surface area contributed by atoms with Gasteiger partial charge in [-0.3, -0.25) is 9.09 Å². The van der Waals surface area contributed by atoms with Crippen molar-refractivity contribution in [3.63, 3.8) is 0 Å². The highest BCUT2D eigenvalue weighted by Crippen LogP contribution is 2.43. The summed E-state index contributed by atoms with van der Waals surface area (Å²) < 4.78 is 34.8. The number of fused-ring (bicyclic) bond motifs is 2. The van der Waals surface area contributed by atoms with E-state index in [2.05, 4.69) is 19.7 Å². The zero-order valence-corrected chi connectivity index (χ0v) is 29.6. The molecule has 3 heterocycles. The van der Waals surface area contributed by atoms with E-state index >= 15 is 0 Å². The molecule has 1 aliphatic rings. The fourth-order valence-electron chi connectivity index (χ4n) is 5.65. The summed E-state index contributed by atoms with van der Waals surface area (Å²) in [6.45, 7) is 7.09. The van der Waals surface area contributed by atoms with Crippen LogP contribution < -0.4 is 24.6 Å². The smallest absolute Gasteiger partial charge is 0.395 e. The fraction of sp³-hybridized carbons (Fsp3) is 0.371. The number of nitrogen functional groups attached to an aromatic ring is 1. The van der Waals surface area contributed by atoms with Gasteiger partial charge in [-0.2, -0.15) is 9.97 Å². The van der Waals surface area contributed by atoms with E-state index in [1.807, 2.05) is 32.9 Å². The highest BCUT2D eigenvalue weighted by atomic mass is 31.1. The predicted octanol–water partition coefficient (Wildman–Crippen LogP) is 4.22. The normalized spacial score (nSPS) is 21.5. The lowest BCUT2D eigenvalue weighted by Gasteiger charge is -2.27. The van der Waals surface area contributed by atoms with Crippen LogP contribution in [0.1, 0.15) is 45.5 Å². The Kier molecular flexibility index (Phi) is 10.1. The number of esters is 1. The number of anilines is 1. The van der Waals surface area contributed by atoms with E-state index < -0.39 is 44.2 Å². The van der Waals surface area contributed by atoms with Gasteiger partial charge in [0.25, 0.3) is 0 Å². The van der Waals surface area contributed by atoms with Gasteiger partial charge in [0.2, 0.25) is 23.6 Å². The molecule has 5 aromatic rings. The van der Waals surface area contributed by atoms with Crippen molar-refractivity contribution in [1.29, 1.82) is 0 Å². The standard InChI is InChI=1S/C35H39N6O9P/c1-34(2,3)18-48-31(43)25(21-12-7-6-8-13-21)40-51(45)50-27-22-14-10-9-11-20(22)15-16-23(27)47-17-24-28(42)35(4,44)32(49-24)41-19-37-26-29(41)38-33(36)39-30(26)46-5/h6-16,19,24-25,28,32,42,44H,17-18H2,1-5H3,(H2,36,38,39)/t24-,25-,28-,32?,35-/m1/s1. The second kappa shape index (κ2) is 14.4. The Morgan fingerprint density at radius 3 is 2.59 bits per heavy atom. The molecule has 6 rings (SSSR count). The molecule has 0 bridgehead atoms. The third-order valence-corrected chi connectivity index (χ3v) is 8.98. The molecule has 15 nitrogen and oxygen atoms in total. The molecule has 0 saturated carbocycles. The lowest BCUT2D eigenvalue weighted by molar-refractivity contribution is -0.170. The van der Waals surface area contributed by atoms with Crippen LogP contribution in [0.5, 0.6) is 17.4 Å². The number of aromatic nitrogens is 4. The van der Waals surface area contributed by atoms with Crippen LogP contribution in [0, 0.1) is 5.41 Å². The first-order valence-corrected chi connectivity index (χ1v) is 17.2. The molecule has 0 radical (unpaired) electrons. The third-order valence-electron chi connectivity index (χ3n) is 8.22. The van der Waals surface area contributed by atoms with Crippen molar-refractivity contribution in [3.8, 4) is 17.4 Å². The molecule has 2 unspecified atom stereocenters. The number of hydrogen-bond donors (Lipinski definition) is 3. The van der Waals surface area contributed by atoms with Gasteiger partial charge in [0, 0.05) is 5.39 Å². The number of imidazole rings is 1. The lowest BCUT2D eigenvalue weighted by atomic mass is 9.96. The molecule has 0 spiro atoms. The summed E-state index contributed by atoms with van der Waals surface area (Å²) in [4.78, 5) is 39.4. The average Bonchev–Trinajstić information content (AvgIpc) is 3.61. The first-order chi connectivity index (χ1) is 24.3. The fourth-order valence-corrected chi connectivity index (χ4v) is 6.46. The monoisotopic (exact) mass is 718 g/mol. The molecule has 51 heavy (non-hydrogen) atoms. The number of rotatable bonds is 11. The Hall–Kier alpha value is -4.92. The van der Waals surface area contributed by atoms with E-state index in [0.717, 1.165) is 5.39 Å². The Morgan fingerprint density at radius 1 is 1.14 bits per heavy atom. The van der Waals surface area contributed by atoms with E-state index in [1.165, 1.54) is 24.9 Å². The van der Waals surface area contributed by atoms with E-state index in [-0.39, 0.29) is 53.1 Å². The van der Waals surface area contributed by atoms with Crippen molar-refractivity contribution in [3.05, 3.63) is 78.6 Å². The quantitative estimate of drug-likeness (QED) is 0.129. The zero-order valence-electron chi connectivity index (χ0n) is 28.7. The topological polar surface area (TPSA) is 209 Å². The average molecular weight is 719 g/mol. The SMILES string of the molecule is COc1nc(N)nc2c1ncn2C1O[C@H](COc2ccc3ccccc3c2O[P+]([O-])=N[C@@H](C(=O)OCC(C)(C)C)c2ccccc2)[C@@H](O)[C@@]1(C)O. The van der Waals surface area contributed by atoms with Crippen molar-refractivity contribution in [1.82, 2.24) is 19.5 Å². The molecule has 2 aromatic heterocycles. The van der Waals surface area contributed by atoms with E-state index in [1.54, 1.807) is 54.6 Å². The molecule has 1 saturated heterocycles. The second-order valence-corrected chi connectivity index (χ2v) is 14.4. The number of nitrogens with two attached hydrogens (primary N) is 1. The Balaban J connectivity index is 1.27. The maximum absolute atomic E-state index is 13.6. The molecule has 1 aliphatic heterocycles. The summed E-state index contributed by atoms with van der Waals surface area (Å²) in [5.41, 5.74) is 4.76. The minimum absolute atomic E-state index is 0.0787.